The maximum absolute atomic E-state index is 13.2. The molecule has 1 atom stereocenters. The van der Waals surface area contributed by atoms with Crippen LogP contribution in [0.3, 0.4) is 0 Å². The number of carbonyl (C=O) groups excluding carboxylic acids is 2. The van der Waals surface area contributed by atoms with Gasteiger partial charge in [-0.05, 0) is 43.3 Å². The predicted octanol–water partition coefficient (Wildman–Crippen LogP) is 3.94. The molecule has 0 aromatic heterocycles. The van der Waals surface area contributed by atoms with E-state index in [1.54, 1.807) is 42.5 Å². The van der Waals surface area contributed by atoms with Gasteiger partial charge in [-0.25, -0.2) is 0 Å². The third-order valence-corrected chi connectivity index (χ3v) is 5.60. The number of amides is 1. The van der Waals surface area contributed by atoms with Crippen LogP contribution in [0.15, 0.2) is 72.8 Å². The number of fused-ring (bicyclic) bond motifs is 1. The lowest BCUT2D eigenvalue weighted by molar-refractivity contribution is 0.0940. The van der Waals surface area contributed by atoms with Crippen LogP contribution in [-0.4, -0.2) is 44.5 Å². The van der Waals surface area contributed by atoms with Gasteiger partial charge in [0.2, 0.25) is 0 Å². The van der Waals surface area contributed by atoms with Crippen molar-refractivity contribution < 1.29 is 19.1 Å². The quantitative estimate of drug-likeness (QED) is 0.575. The summed E-state index contributed by atoms with van der Waals surface area (Å²) in [6, 6.07) is 22.0. The van der Waals surface area contributed by atoms with E-state index in [0.29, 0.717) is 47.9 Å². The van der Waals surface area contributed by atoms with E-state index < -0.39 is 0 Å². The molecule has 4 rings (SSSR count). The number of carbonyl (C=O) groups is 2. The van der Waals surface area contributed by atoms with E-state index in [-0.39, 0.29) is 17.7 Å². The van der Waals surface area contributed by atoms with Crippen molar-refractivity contribution >= 4 is 17.4 Å². The highest BCUT2D eigenvalue weighted by Crippen LogP contribution is 2.31. The molecule has 3 aromatic rings. The lowest BCUT2D eigenvalue weighted by Gasteiger charge is -2.27. The van der Waals surface area contributed by atoms with E-state index in [1.807, 2.05) is 44.3 Å². The molecule has 0 fully saturated rings. The molecule has 1 N–H and O–H groups in total. The summed E-state index contributed by atoms with van der Waals surface area (Å²) in [6.45, 7) is 3.41. The van der Waals surface area contributed by atoms with Crippen LogP contribution in [0.5, 0.6) is 11.5 Å². The second-order valence-corrected chi connectivity index (χ2v) is 7.74. The fourth-order valence-electron chi connectivity index (χ4n) is 3.61. The van der Waals surface area contributed by atoms with Crippen LogP contribution < -0.4 is 19.7 Å². The van der Waals surface area contributed by atoms with E-state index >= 15 is 0 Å². The maximum atomic E-state index is 13.2. The summed E-state index contributed by atoms with van der Waals surface area (Å²) >= 11 is 0. The van der Waals surface area contributed by atoms with Gasteiger partial charge in [0, 0.05) is 36.4 Å². The highest BCUT2D eigenvalue weighted by atomic mass is 16.6. The number of likely N-dealkylation sites (N-methyl/N-ethyl adjacent to an activating group) is 1. The van der Waals surface area contributed by atoms with Crippen molar-refractivity contribution in [2.75, 3.05) is 31.7 Å². The number of ketones is 1. The topological polar surface area (TPSA) is 67.9 Å². The molecule has 1 amide bonds. The second-order valence-electron chi connectivity index (χ2n) is 7.74. The molecule has 164 valence electrons. The number of nitrogens with zero attached hydrogens (tertiary/aromatic N) is 1. The minimum atomic E-state index is -0.278. The fraction of sp³-hybridized carbons (Fsp3) is 0.231. The van der Waals surface area contributed by atoms with E-state index in [0.717, 1.165) is 5.69 Å². The summed E-state index contributed by atoms with van der Waals surface area (Å²) in [5.74, 6) is 0.652. The summed E-state index contributed by atoms with van der Waals surface area (Å²) in [5, 5.41) is 2.97. The van der Waals surface area contributed by atoms with Gasteiger partial charge in [-0.15, -0.1) is 0 Å². The van der Waals surface area contributed by atoms with E-state index in [9.17, 15) is 9.59 Å². The van der Waals surface area contributed by atoms with Crippen LogP contribution in [0.4, 0.5) is 5.69 Å². The summed E-state index contributed by atoms with van der Waals surface area (Å²) in [5.41, 5.74) is 2.22. The van der Waals surface area contributed by atoms with Crippen LogP contribution in [0.1, 0.15) is 33.2 Å². The monoisotopic (exact) mass is 430 g/mol. The highest BCUT2D eigenvalue weighted by Gasteiger charge is 2.21. The summed E-state index contributed by atoms with van der Waals surface area (Å²) in [6.07, 6.45) is 0. The Kier molecular flexibility index (Phi) is 6.40. The Morgan fingerprint density at radius 3 is 2.31 bits per heavy atom. The van der Waals surface area contributed by atoms with Gasteiger partial charge in [-0.1, -0.05) is 36.4 Å². The SMILES string of the molecule is C[C@H](CNC(=O)c1ccccc1C(=O)c1ccc2c(c1)OCCO2)N(C)c1ccccc1. The number of hydrogen-bond acceptors (Lipinski definition) is 5. The predicted molar refractivity (Wildman–Crippen MR) is 124 cm³/mol. The molecule has 0 unspecified atom stereocenters. The standard InChI is InChI=1S/C26H26N2O4/c1-18(28(2)20-8-4-3-5-9-20)17-27-26(30)22-11-7-6-10-21(22)25(29)19-12-13-23-24(16-19)32-15-14-31-23/h3-13,16,18H,14-15,17H2,1-2H3,(H,27,30)/t18-/m1/s1. The Morgan fingerprint density at radius 1 is 0.906 bits per heavy atom. The molecule has 32 heavy (non-hydrogen) atoms. The van der Waals surface area contributed by atoms with Gasteiger partial charge >= 0.3 is 0 Å². The smallest absolute Gasteiger partial charge is 0.252 e. The van der Waals surface area contributed by atoms with Crippen molar-refractivity contribution in [2.45, 2.75) is 13.0 Å². The van der Waals surface area contributed by atoms with Crippen molar-refractivity contribution in [2.24, 2.45) is 0 Å². The normalized spacial score (nSPS) is 13.2. The number of anilines is 1. The van der Waals surface area contributed by atoms with Crippen LogP contribution in [0.25, 0.3) is 0 Å². The molecule has 0 bridgehead atoms. The van der Waals surface area contributed by atoms with Crippen molar-refractivity contribution in [1.29, 1.82) is 0 Å². The Balaban J connectivity index is 1.48. The third kappa shape index (κ3) is 4.59. The summed E-state index contributed by atoms with van der Waals surface area (Å²) in [7, 11) is 1.99. The molecule has 0 radical (unpaired) electrons. The fourth-order valence-corrected chi connectivity index (χ4v) is 3.61. The van der Waals surface area contributed by atoms with E-state index in [1.165, 1.54) is 0 Å². The van der Waals surface area contributed by atoms with Gasteiger partial charge in [-0.3, -0.25) is 9.59 Å². The molecule has 0 saturated heterocycles. The average Bonchev–Trinajstić information content (AvgIpc) is 2.86. The third-order valence-electron chi connectivity index (χ3n) is 5.60. The van der Waals surface area contributed by atoms with Crippen LogP contribution in [0, 0.1) is 0 Å². The number of ether oxygens (including phenoxy) is 2. The van der Waals surface area contributed by atoms with Crippen molar-refractivity contribution in [3.8, 4) is 11.5 Å². The zero-order valence-corrected chi connectivity index (χ0v) is 18.2. The Labute approximate surface area is 187 Å². The first-order valence-corrected chi connectivity index (χ1v) is 10.6. The van der Waals surface area contributed by atoms with Crippen molar-refractivity contribution in [3.63, 3.8) is 0 Å². The van der Waals surface area contributed by atoms with Gasteiger partial charge in [-0.2, -0.15) is 0 Å². The van der Waals surface area contributed by atoms with Crippen molar-refractivity contribution in [3.05, 3.63) is 89.5 Å². The molecular formula is C26H26N2O4. The molecule has 3 aromatic carbocycles. The van der Waals surface area contributed by atoms with Crippen LogP contribution in [0.2, 0.25) is 0 Å². The minimum absolute atomic E-state index is 0.0713. The number of rotatable bonds is 7. The highest BCUT2D eigenvalue weighted by molar-refractivity contribution is 6.15. The zero-order valence-electron chi connectivity index (χ0n) is 18.2. The molecule has 0 saturated carbocycles. The lowest BCUT2D eigenvalue weighted by atomic mass is 9.97. The van der Waals surface area contributed by atoms with E-state index in [4.69, 9.17) is 9.47 Å². The number of hydrogen-bond donors (Lipinski definition) is 1. The number of benzene rings is 3. The molecular weight excluding hydrogens is 404 g/mol. The number of nitrogens with one attached hydrogen (secondary N) is 1. The molecule has 1 heterocycles. The van der Waals surface area contributed by atoms with E-state index in [2.05, 4.69) is 10.2 Å². The Bertz CT molecular complexity index is 1110. The second kappa shape index (κ2) is 9.56. The van der Waals surface area contributed by atoms with Gasteiger partial charge in [0.05, 0.1) is 5.56 Å². The minimum Gasteiger partial charge on any atom is -0.486 e. The maximum Gasteiger partial charge on any atom is 0.252 e. The average molecular weight is 431 g/mol. The lowest BCUT2D eigenvalue weighted by Crippen LogP contribution is -2.40. The molecule has 0 spiro atoms. The first kappa shape index (κ1) is 21.4. The van der Waals surface area contributed by atoms with Gasteiger partial charge in [0.25, 0.3) is 5.91 Å². The first-order valence-electron chi connectivity index (χ1n) is 10.6. The summed E-state index contributed by atoms with van der Waals surface area (Å²) < 4.78 is 11.1. The Hall–Kier alpha value is -3.80. The molecule has 1 aliphatic heterocycles. The molecule has 6 heteroatoms. The molecule has 6 nitrogen and oxygen atoms in total. The molecule has 1 aliphatic rings. The first-order chi connectivity index (χ1) is 15.5. The summed E-state index contributed by atoms with van der Waals surface area (Å²) in [4.78, 5) is 28.3. The van der Waals surface area contributed by atoms with Gasteiger partial charge < -0.3 is 19.7 Å². The van der Waals surface area contributed by atoms with Crippen LogP contribution in [-0.2, 0) is 0 Å². The largest absolute Gasteiger partial charge is 0.486 e. The Morgan fingerprint density at radius 2 is 1.56 bits per heavy atom. The van der Waals surface area contributed by atoms with Crippen LogP contribution >= 0.6 is 0 Å². The van der Waals surface area contributed by atoms with Gasteiger partial charge in [0.1, 0.15) is 13.2 Å². The van der Waals surface area contributed by atoms with Crippen molar-refractivity contribution in [1.82, 2.24) is 5.32 Å². The molecule has 0 aliphatic carbocycles. The van der Waals surface area contributed by atoms with Gasteiger partial charge in [0.15, 0.2) is 17.3 Å². The zero-order chi connectivity index (χ0) is 22.5. The number of para-hydroxylation sites is 1.